The molecule has 0 spiro atoms. The van der Waals surface area contributed by atoms with E-state index in [4.69, 9.17) is 25.8 Å². The molecule has 0 aromatic heterocycles. The molecule has 0 saturated carbocycles. The number of halogens is 1. The van der Waals surface area contributed by atoms with Crippen LogP contribution in [0.5, 0.6) is 11.5 Å². The molecule has 0 heterocycles. The monoisotopic (exact) mass is 403 g/mol. The minimum absolute atomic E-state index is 0.314. The molecule has 2 rings (SSSR count). The summed E-state index contributed by atoms with van der Waals surface area (Å²) in [7, 11) is 2.93. The number of carbonyl (C=O) groups excluding carboxylic acids is 3. The van der Waals surface area contributed by atoms with E-state index < -0.39 is 24.4 Å². The predicted molar refractivity (Wildman–Crippen MR) is 103 cm³/mol. The van der Waals surface area contributed by atoms with Gasteiger partial charge in [0.1, 0.15) is 0 Å². The Kier molecular flexibility index (Phi) is 7.59. The minimum Gasteiger partial charge on any atom is -0.493 e. The molecular weight excluding hydrogens is 386 g/mol. The molecular formula is C20H18ClNO6. The molecule has 0 aliphatic heterocycles. The Labute approximate surface area is 166 Å². The molecule has 0 aliphatic carbocycles. The quantitative estimate of drug-likeness (QED) is 0.564. The molecule has 0 saturated heterocycles. The van der Waals surface area contributed by atoms with Gasteiger partial charge in [-0.05, 0) is 35.9 Å². The summed E-state index contributed by atoms with van der Waals surface area (Å²) in [6.45, 7) is -0.589. The normalized spacial score (nSPS) is 10.4. The Morgan fingerprint density at radius 3 is 2.43 bits per heavy atom. The predicted octanol–water partition coefficient (Wildman–Crippen LogP) is 2.87. The summed E-state index contributed by atoms with van der Waals surface area (Å²) in [4.78, 5) is 35.3. The molecule has 0 aliphatic rings. The molecule has 0 fully saturated rings. The second-order valence-electron chi connectivity index (χ2n) is 5.42. The van der Waals surface area contributed by atoms with Crippen molar-refractivity contribution in [3.8, 4) is 11.5 Å². The zero-order valence-electron chi connectivity index (χ0n) is 15.2. The second kappa shape index (κ2) is 10.1. The summed E-state index contributed by atoms with van der Waals surface area (Å²) in [5.74, 6) is -1.28. The van der Waals surface area contributed by atoms with Crippen LogP contribution >= 0.6 is 11.6 Å². The summed E-state index contributed by atoms with van der Waals surface area (Å²) in [6, 6.07) is 11.4. The van der Waals surface area contributed by atoms with Gasteiger partial charge in [0.15, 0.2) is 18.1 Å². The molecule has 28 heavy (non-hydrogen) atoms. The average Bonchev–Trinajstić information content (AvgIpc) is 2.70. The number of imide groups is 1. The zero-order valence-corrected chi connectivity index (χ0v) is 16.0. The zero-order chi connectivity index (χ0) is 20.5. The summed E-state index contributed by atoms with van der Waals surface area (Å²) in [5, 5.41) is 2.45. The Bertz CT molecular complexity index is 895. The van der Waals surface area contributed by atoms with Gasteiger partial charge in [-0.2, -0.15) is 0 Å². The van der Waals surface area contributed by atoms with Gasteiger partial charge in [-0.25, -0.2) is 4.79 Å². The van der Waals surface area contributed by atoms with E-state index in [0.29, 0.717) is 27.6 Å². The first-order valence-corrected chi connectivity index (χ1v) is 8.48. The Balaban J connectivity index is 1.89. The van der Waals surface area contributed by atoms with Gasteiger partial charge in [0.05, 0.1) is 19.2 Å². The molecule has 0 unspecified atom stereocenters. The van der Waals surface area contributed by atoms with E-state index in [1.807, 2.05) is 0 Å². The number of carbonyl (C=O) groups is 3. The molecule has 0 bridgehead atoms. The van der Waals surface area contributed by atoms with Crippen molar-refractivity contribution in [1.29, 1.82) is 0 Å². The molecule has 2 amide bonds. The fourth-order valence-electron chi connectivity index (χ4n) is 2.21. The topological polar surface area (TPSA) is 90.9 Å². The number of esters is 1. The fourth-order valence-corrected chi connectivity index (χ4v) is 2.50. The Morgan fingerprint density at radius 2 is 1.79 bits per heavy atom. The number of hydrogen-bond donors (Lipinski definition) is 1. The third kappa shape index (κ3) is 5.85. The van der Waals surface area contributed by atoms with Gasteiger partial charge in [-0.1, -0.05) is 29.8 Å². The van der Waals surface area contributed by atoms with Crippen LogP contribution in [-0.2, 0) is 14.3 Å². The number of nitrogens with one attached hydrogen (secondary N) is 1. The minimum atomic E-state index is -0.756. The highest BCUT2D eigenvalue weighted by Crippen LogP contribution is 2.36. The highest BCUT2D eigenvalue weighted by Gasteiger charge is 2.12. The van der Waals surface area contributed by atoms with Crippen molar-refractivity contribution in [2.45, 2.75) is 0 Å². The van der Waals surface area contributed by atoms with Crippen molar-refractivity contribution in [1.82, 2.24) is 5.32 Å². The van der Waals surface area contributed by atoms with Crippen LogP contribution in [0.2, 0.25) is 5.02 Å². The number of benzene rings is 2. The van der Waals surface area contributed by atoms with Crippen molar-refractivity contribution in [3.05, 3.63) is 64.7 Å². The highest BCUT2D eigenvalue weighted by molar-refractivity contribution is 6.32. The van der Waals surface area contributed by atoms with Crippen molar-refractivity contribution in [2.24, 2.45) is 0 Å². The van der Waals surface area contributed by atoms with Gasteiger partial charge < -0.3 is 14.2 Å². The van der Waals surface area contributed by atoms with Gasteiger partial charge in [0, 0.05) is 11.6 Å². The average molecular weight is 404 g/mol. The second-order valence-corrected chi connectivity index (χ2v) is 5.83. The standard InChI is InChI=1S/C20H18ClNO6/c1-26-16-11-13(10-15(21)19(16)27-2)8-9-18(24)28-12-17(23)22-20(25)14-6-4-3-5-7-14/h3-11H,12H2,1-2H3,(H,22,23,25)/b9-8+. The molecule has 0 radical (unpaired) electrons. The first kappa shape index (κ1) is 21.0. The molecule has 1 N–H and O–H groups in total. The fraction of sp³-hybridized carbons (Fsp3) is 0.150. The van der Waals surface area contributed by atoms with Crippen molar-refractivity contribution < 1.29 is 28.6 Å². The first-order valence-electron chi connectivity index (χ1n) is 8.10. The van der Waals surface area contributed by atoms with Crippen LogP contribution in [0.25, 0.3) is 6.08 Å². The number of hydrogen-bond acceptors (Lipinski definition) is 6. The lowest BCUT2D eigenvalue weighted by atomic mass is 10.2. The van der Waals surface area contributed by atoms with Gasteiger partial charge in [-0.15, -0.1) is 0 Å². The largest absolute Gasteiger partial charge is 0.493 e. The van der Waals surface area contributed by atoms with Gasteiger partial charge in [0.2, 0.25) is 0 Å². The van der Waals surface area contributed by atoms with E-state index in [0.717, 1.165) is 6.08 Å². The maximum absolute atomic E-state index is 11.8. The Morgan fingerprint density at radius 1 is 1.07 bits per heavy atom. The maximum Gasteiger partial charge on any atom is 0.331 e. The third-order valence-corrected chi connectivity index (χ3v) is 3.78. The molecule has 8 heteroatoms. The lowest BCUT2D eigenvalue weighted by Gasteiger charge is -2.10. The number of amides is 2. The van der Waals surface area contributed by atoms with Crippen molar-refractivity contribution in [2.75, 3.05) is 20.8 Å². The summed E-state index contributed by atoms with van der Waals surface area (Å²) in [5.41, 5.74) is 0.899. The molecule has 7 nitrogen and oxygen atoms in total. The molecule has 146 valence electrons. The summed E-state index contributed by atoms with van der Waals surface area (Å²) in [6.07, 6.45) is 2.58. The van der Waals surface area contributed by atoms with Crippen LogP contribution in [0.1, 0.15) is 15.9 Å². The van der Waals surface area contributed by atoms with Crippen LogP contribution < -0.4 is 14.8 Å². The van der Waals surface area contributed by atoms with Crippen LogP contribution in [0.3, 0.4) is 0 Å². The van der Waals surface area contributed by atoms with Crippen molar-refractivity contribution in [3.63, 3.8) is 0 Å². The van der Waals surface area contributed by atoms with E-state index in [9.17, 15) is 14.4 Å². The van der Waals surface area contributed by atoms with E-state index in [1.165, 1.54) is 20.3 Å². The van der Waals surface area contributed by atoms with Gasteiger partial charge in [0.25, 0.3) is 11.8 Å². The molecule has 2 aromatic rings. The SMILES string of the molecule is COc1cc(/C=C/C(=O)OCC(=O)NC(=O)c2ccccc2)cc(Cl)c1OC. The van der Waals surface area contributed by atoms with Crippen LogP contribution in [0.15, 0.2) is 48.5 Å². The number of methoxy groups -OCH3 is 2. The van der Waals surface area contributed by atoms with E-state index in [-0.39, 0.29) is 0 Å². The van der Waals surface area contributed by atoms with Crippen LogP contribution in [0, 0.1) is 0 Å². The third-order valence-electron chi connectivity index (χ3n) is 3.50. The van der Waals surface area contributed by atoms with Crippen LogP contribution in [0.4, 0.5) is 0 Å². The lowest BCUT2D eigenvalue weighted by Crippen LogP contribution is -2.33. The van der Waals surface area contributed by atoms with Gasteiger partial charge in [-0.3, -0.25) is 14.9 Å². The summed E-state index contributed by atoms with van der Waals surface area (Å²) >= 11 is 6.09. The maximum atomic E-state index is 11.8. The van der Waals surface area contributed by atoms with Gasteiger partial charge >= 0.3 is 5.97 Å². The molecule has 0 atom stereocenters. The number of rotatable bonds is 7. The highest BCUT2D eigenvalue weighted by atomic mass is 35.5. The van der Waals surface area contributed by atoms with Crippen molar-refractivity contribution >= 4 is 35.5 Å². The molecule has 2 aromatic carbocycles. The van der Waals surface area contributed by atoms with E-state index in [1.54, 1.807) is 42.5 Å². The first-order chi connectivity index (χ1) is 13.4. The van der Waals surface area contributed by atoms with E-state index in [2.05, 4.69) is 5.32 Å². The smallest absolute Gasteiger partial charge is 0.331 e. The Hall–Kier alpha value is -3.32. The van der Waals surface area contributed by atoms with E-state index >= 15 is 0 Å². The summed E-state index contributed by atoms with van der Waals surface area (Å²) < 4.78 is 15.1. The number of ether oxygens (including phenoxy) is 3. The lowest BCUT2D eigenvalue weighted by molar-refractivity contribution is -0.143. The van der Waals surface area contributed by atoms with Crippen LogP contribution in [-0.4, -0.2) is 38.6 Å².